The maximum atomic E-state index is 11.8. The number of hydrogen-bond donors (Lipinski definition) is 1. The normalized spacial score (nSPS) is 9.81. The van der Waals surface area contributed by atoms with Crippen molar-refractivity contribution < 1.29 is 4.79 Å². The molecule has 1 amide bonds. The lowest BCUT2D eigenvalue weighted by molar-refractivity contribution is 0.102. The molecule has 0 atom stereocenters. The van der Waals surface area contributed by atoms with Crippen LogP contribution in [-0.4, -0.2) is 5.91 Å². The fourth-order valence-corrected chi connectivity index (χ4v) is 1.54. The maximum Gasteiger partial charge on any atom is 0.255 e. The van der Waals surface area contributed by atoms with Crippen LogP contribution in [-0.2, 0) is 0 Å². The van der Waals surface area contributed by atoms with Crippen molar-refractivity contribution in [1.29, 1.82) is 0 Å². The van der Waals surface area contributed by atoms with E-state index in [0.717, 1.165) is 5.69 Å². The van der Waals surface area contributed by atoms with Crippen LogP contribution >= 0.6 is 11.6 Å². The van der Waals surface area contributed by atoms with Gasteiger partial charge in [0, 0.05) is 16.3 Å². The number of amides is 1. The van der Waals surface area contributed by atoms with E-state index in [1.165, 1.54) is 0 Å². The Labute approximate surface area is 98.9 Å². The van der Waals surface area contributed by atoms with E-state index in [2.05, 4.69) is 5.32 Å². The van der Waals surface area contributed by atoms with Crippen LogP contribution in [0.2, 0.25) is 5.02 Å². The van der Waals surface area contributed by atoms with Crippen molar-refractivity contribution in [2.45, 2.75) is 0 Å². The first-order valence-electron chi connectivity index (χ1n) is 4.88. The number of rotatable bonds is 2. The molecule has 0 saturated heterocycles. The topological polar surface area (TPSA) is 29.1 Å². The van der Waals surface area contributed by atoms with Crippen LogP contribution in [0, 0.1) is 0 Å². The number of para-hydroxylation sites is 1. The monoisotopic (exact) mass is 231 g/mol. The molecule has 0 aliphatic rings. The molecule has 0 unspecified atom stereocenters. The molecule has 0 bridgehead atoms. The van der Waals surface area contributed by atoms with Gasteiger partial charge >= 0.3 is 0 Å². The van der Waals surface area contributed by atoms with Gasteiger partial charge in [0.15, 0.2) is 0 Å². The molecular weight excluding hydrogens is 222 g/mol. The van der Waals surface area contributed by atoms with Gasteiger partial charge in [-0.1, -0.05) is 35.9 Å². The van der Waals surface area contributed by atoms with Crippen LogP contribution in [0.25, 0.3) is 0 Å². The van der Waals surface area contributed by atoms with Crippen molar-refractivity contribution in [1.82, 2.24) is 0 Å². The Morgan fingerprint density at radius 1 is 1.00 bits per heavy atom. The molecule has 16 heavy (non-hydrogen) atoms. The van der Waals surface area contributed by atoms with Crippen molar-refractivity contribution >= 4 is 23.2 Å². The van der Waals surface area contributed by atoms with Gasteiger partial charge in [-0.15, -0.1) is 0 Å². The van der Waals surface area contributed by atoms with Gasteiger partial charge in [-0.3, -0.25) is 4.79 Å². The third-order valence-electron chi connectivity index (χ3n) is 2.12. The molecule has 2 aromatic rings. The molecule has 0 aromatic heterocycles. The quantitative estimate of drug-likeness (QED) is 0.841. The van der Waals surface area contributed by atoms with Gasteiger partial charge < -0.3 is 5.32 Å². The van der Waals surface area contributed by atoms with E-state index >= 15 is 0 Å². The molecule has 0 aliphatic heterocycles. The summed E-state index contributed by atoms with van der Waals surface area (Å²) >= 11 is 5.81. The Kier molecular flexibility index (Phi) is 3.22. The van der Waals surface area contributed by atoms with Crippen LogP contribution < -0.4 is 5.32 Å². The van der Waals surface area contributed by atoms with Crippen molar-refractivity contribution in [3.05, 3.63) is 65.2 Å². The molecule has 0 aliphatic carbocycles. The van der Waals surface area contributed by atoms with E-state index in [0.29, 0.717) is 10.6 Å². The Morgan fingerprint density at radius 2 is 1.75 bits per heavy atom. The summed E-state index contributed by atoms with van der Waals surface area (Å²) in [7, 11) is 0. The Balaban J connectivity index is 2.15. The average Bonchev–Trinajstić information content (AvgIpc) is 2.30. The highest BCUT2D eigenvalue weighted by molar-refractivity contribution is 6.31. The number of hydrogen-bond acceptors (Lipinski definition) is 1. The molecule has 0 spiro atoms. The highest BCUT2D eigenvalue weighted by Gasteiger charge is 2.05. The molecule has 0 saturated carbocycles. The summed E-state index contributed by atoms with van der Waals surface area (Å²) < 4.78 is 0. The molecule has 0 fully saturated rings. The predicted molar refractivity (Wildman–Crippen MR) is 65.8 cm³/mol. The van der Waals surface area contributed by atoms with E-state index in [4.69, 9.17) is 11.6 Å². The number of anilines is 1. The third-order valence-corrected chi connectivity index (χ3v) is 2.35. The highest BCUT2D eigenvalue weighted by atomic mass is 35.5. The summed E-state index contributed by atoms with van der Waals surface area (Å²) in [6.07, 6.45) is 0. The van der Waals surface area contributed by atoms with E-state index in [1.807, 2.05) is 30.3 Å². The summed E-state index contributed by atoms with van der Waals surface area (Å²) in [5.74, 6) is -0.159. The van der Waals surface area contributed by atoms with Gasteiger partial charge in [0.1, 0.15) is 0 Å². The van der Waals surface area contributed by atoms with Crippen LogP contribution in [0.4, 0.5) is 5.69 Å². The molecular formula is C13H10ClNO. The van der Waals surface area contributed by atoms with Crippen LogP contribution in [0.15, 0.2) is 54.6 Å². The maximum absolute atomic E-state index is 11.8. The Morgan fingerprint density at radius 3 is 2.44 bits per heavy atom. The Hall–Kier alpha value is -1.80. The molecule has 2 rings (SSSR count). The van der Waals surface area contributed by atoms with Gasteiger partial charge in [0.2, 0.25) is 0 Å². The number of carbonyl (C=O) groups is 1. The molecule has 1 N–H and O–H groups in total. The zero-order valence-corrected chi connectivity index (χ0v) is 9.24. The second kappa shape index (κ2) is 4.81. The van der Waals surface area contributed by atoms with Crippen LogP contribution in [0.3, 0.4) is 0 Å². The number of carbonyl (C=O) groups excluding carboxylic acids is 1. The molecule has 2 nitrogen and oxygen atoms in total. The predicted octanol–water partition coefficient (Wildman–Crippen LogP) is 3.59. The standard InChI is InChI=1S/C13H10ClNO/c14-11-6-4-5-10(9-11)13(16)15-12-7-2-1-3-8-12/h1-9H,(H,15,16). The molecule has 80 valence electrons. The second-order valence-electron chi connectivity index (χ2n) is 3.33. The first kappa shape index (κ1) is 10.7. The van der Waals surface area contributed by atoms with E-state index in [-0.39, 0.29) is 5.91 Å². The van der Waals surface area contributed by atoms with Crippen molar-refractivity contribution in [2.24, 2.45) is 0 Å². The van der Waals surface area contributed by atoms with Gasteiger partial charge in [-0.05, 0) is 30.3 Å². The van der Waals surface area contributed by atoms with Crippen molar-refractivity contribution in [3.8, 4) is 0 Å². The fourth-order valence-electron chi connectivity index (χ4n) is 1.35. The largest absolute Gasteiger partial charge is 0.322 e. The minimum atomic E-state index is -0.159. The lowest BCUT2D eigenvalue weighted by atomic mass is 10.2. The summed E-state index contributed by atoms with van der Waals surface area (Å²) in [6.45, 7) is 0. The summed E-state index contributed by atoms with van der Waals surface area (Å²) in [4.78, 5) is 11.8. The SMILES string of the molecule is O=C(Nc1ccccc1)c1cccc(Cl)c1. The lowest BCUT2D eigenvalue weighted by Gasteiger charge is -2.04. The van der Waals surface area contributed by atoms with E-state index in [9.17, 15) is 4.79 Å². The Bertz CT molecular complexity index is 496. The first-order valence-corrected chi connectivity index (χ1v) is 5.25. The van der Waals surface area contributed by atoms with E-state index < -0.39 is 0 Å². The zero-order valence-electron chi connectivity index (χ0n) is 8.48. The van der Waals surface area contributed by atoms with Gasteiger partial charge in [0.05, 0.1) is 0 Å². The number of halogens is 1. The average molecular weight is 232 g/mol. The van der Waals surface area contributed by atoms with Crippen LogP contribution in [0.1, 0.15) is 10.4 Å². The smallest absolute Gasteiger partial charge is 0.255 e. The van der Waals surface area contributed by atoms with Crippen molar-refractivity contribution in [3.63, 3.8) is 0 Å². The van der Waals surface area contributed by atoms with Gasteiger partial charge in [-0.2, -0.15) is 0 Å². The molecule has 0 heterocycles. The third kappa shape index (κ3) is 2.61. The van der Waals surface area contributed by atoms with Crippen molar-refractivity contribution in [2.75, 3.05) is 5.32 Å². The fraction of sp³-hybridized carbons (Fsp3) is 0. The number of nitrogens with one attached hydrogen (secondary N) is 1. The minimum Gasteiger partial charge on any atom is -0.322 e. The number of benzene rings is 2. The summed E-state index contributed by atoms with van der Waals surface area (Å²) in [6, 6.07) is 16.2. The van der Waals surface area contributed by atoms with Gasteiger partial charge in [0.25, 0.3) is 5.91 Å². The molecule has 2 aromatic carbocycles. The first-order chi connectivity index (χ1) is 7.75. The molecule has 3 heteroatoms. The van der Waals surface area contributed by atoms with Crippen LogP contribution in [0.5, 0.6) is 0 Å². The van der Waals surface area contributed by atoms with Gasteiger partial charge in [-0.25, -0.2) is 0 Å². The molecule has 0 radical (unpaired) electrons. The lowest BCUT2D eigenvalue weighted by Crippen LogP contribution is -2.11. The summed E-state index contributed by atoms with van der Waals surface area (Å²) in [5, 5.41) is 3.34. The minimum absolute atomic E-state index is 0.159. The second-order valence-corrected chi connectivity index (χ2v) is 3.77. The summed E-state index contributed by atoms with van der Waals surface area (Å²) in [5.41, 5.74) is 1.32. The van der Waals surface area contributed by atoms with E-state index in [1.54, 1.807) is 24.3 Å². The zero-order chi connectivity index (χ0) is 11.4. The highest BCUT2D eigenvalue weighted by Crippen LogP contribution is 2.13.